The van der Waals surface area contributed by atoms with Gasteiger partial charge in [-0.3, -0.25) is 9.78 Å². The van der Waals surface area contributed by atoms with E-state index in [1.54, 1.807) is 24.5 Å². The Morgan fingerprint density at radius 1 is 0.949 bits per heavy atom. The molecule has 1 fully saturated rings. The van der Waals surface area contributed by atoms with Gasteiger partial charge in [-0.1, -0.05) is 30.3 Å². The molecule has 0 bridgehead atoms. The molecule has 0 aliphatic heterocycles. The van der Waals surface area contributed by atoms with Crippen LogP contribution < -0.4 is 10.0 Å². The number of rotatable bonds is 10. The lowest BCUT2D eigenvalue weighted by molar-refractivity contribution is -0.126. The minimum absolute atomic E-state index is 0. The largest absolute Gasteiger partial charge is 0.355 e. The smallest absolute Gasteiger partial charge is 0.243 e. The second-order valence-corrected chi connectivity index (χ2v) is 11.3. The van der Waals surface area contributed by atoms with Crippen molar-refractivity contribution in [3.05, 3.63) is 95.8 Å². The van der Waals surface area contributed by atoms with Crippen molar-refractivity contribution in [3.8, 4) is 0 Å². The van der Waals surface area contributed by atoms with Gasteiger partial charge in [0.2, 0.25) is 15.9 Å². The lowest BCUT2D eigenvalue weighted by Crippen LogP contribution is -2.38. The van der Waals surface area contributed by atoms with Crippen LogP contribution in [0.15, 0.2) is 78.0 Å². The van der Waals surface area contributed by atoms with Gasteiger partial charge in [0.15, 0.2) is 0 Å². The number of hydrogen-bond donors (Lipinski definition) is 2. The summed E-state index contributed by atoms with van der Waals surface area (Å²) in [6.45, 7) is 0.629. The molecule has 1 aliphatic rings. The minimum Gasteiger partial charge on any atom is -0.355 e. The molecule has 0 saturated heterocycles. The van der Waals surface area contributed by atoms with E-state index < -0.39 is 15.8 Å². The molecule has 4 rings (SSSR count). The van der Waals surface area contributed by atoms with Crippen LogP contribution in [0, 0.1) is 23.5 Å². The zero-order valence-electron chi connectivity index (χ0n) is 21.3. The molecule has 1 unspecified atom stereocenters. The number of carbonyl (C=O) groups is 1. The van der Waals surface area contributed by atoms with E-state index in [1.165, 1.54) is 30.3 Å². The van der Waals surface area contributed by atoms with Crippen molar-refractivity contribution >= 4 is 40.7 Å². The molecule has 1 amide bonds. The highest BCUT2D eigenvalue weighted by Crippen LogP contribution is 2.29. The van der Waals surface area contributed by atoms with Gasteiger partial charge in [0.1, 0.15) is 16.5 Å². The van der Waals surface area contributed by atoms with Crippen molar-refractivity contribution < 1.29 is 22.0 Å². The highest BCUT2D eigenvalue weighted by Gasteiger charge is 2.28. The lowest BCUT2D eigenvalue weighted by Gasteiger charge is -2.28. The summed E-state index contributed by atoms with van der Waals surface area (Å²) in [6.07, 6.45) is 6.88. The van der Waals surface area contributed by atoms with Gasteiger partial charge in [-0.2, -0.15) is 0 Å². The van der Waals surface area contributed by atoms with E-state index in [-0.39, 0.29) is 65.7 Å². The maximum Gasteiger partial charge on any atom is 0.243 e. The van der Waals surface area contributed by atoms with Crippen LogP contribution in [0.2, 0.25) is 0 Å². The summed E-state index contributed by atoms with van der Waals surface area (Å²) in [5.41, 5.74) is 1.97. The molecule has 1 atom stereocenters. The van der Waals surface area contributed by atoms with E-state index in [0.717, 1.165) is 17.2 Å². The second kappa shape index (κ2) is 15.3. The van der Waals surface area contributed by atoms with E-state index in [4.69, 9.17) is 0 Å². The van der Waals surface area contributed by atoms with Crippen LogP contribution in [0.4, 0.5) is 8.78 Å². The van der Waals surface area contributed by atoms with Crippen molar-refractivity contribution in [2.24, 2.45) is 11.8 Å². The van der Waals surface area contributed by atoms with Crippen molar-refractivity contribution in [3.63, 3.8) is 0 Å². The van der Waals surface area contributed by atoms with Gasteiger partial charge in [-0.05, 0) is 79.5 Å². The number of hydrogen-bond acceptors (Lipinski definition) is 4. The van der Waals surface area contributed by atoms with Crippen LogP contribution in [0.25, 0.3) is 0 Å². The molecule has 2 N–H and O–H groups in total. The summed E-state index contributed by atoms with van der Waals surface area (Å²) in [6, 6.07) is 15.5. The van der Waals surface area contributed by atoms with E-state index in [0.29, 0.717) is 38.6 Å². The molecule has 1 aliphatic carbocycles. The van der Waals surface area contributed by atoms with Gasteiger partial charge in [-0.25, -0.2) is 21.9 Å². The first-order valence-electron chi connectivity index (χ1n) is 12.5. The third-order valence-corrected chi connectivity index (χ3v) is 8.43. The number of pyridine rings is 1. The van der Waals surface area contributed by atoms with Crippen LogP contribution in [-0.4, -0.2) is 32.4 Å². The first kappa shape index (κ1) is 32.6. The van der Waals surface area contributed by atoms with Crippen molar-refractivity contribution in [2.45, 2.75) is 42.9 Å². The molecule has 1 saturated carbocycles. The lowest BCUT2D eigenvalue weighted by atomic mass is 9.81. The SMILES string of the molecule is Cl.Cl.O=C(NCC(Cc1cccnc1)c1ccc(F)cc1)C1CCC(CNS(=O)(=O)c2ccccc2F)CC1. The van der Waals surface area contributed by atoms with Gasteiger partial charge >= 0.3 is 0 Å². The number of sulfonamides is 1. The van der Waals surface area contributed by atoms with Crippen molar-refractivity contribution in [2.75, 3.05) is 13.1 Å². The fraction of sp³-hybridized carbons (Fsp3) is 0.357. The van der Waals surface area contributed by atoms with Gasteiger partial charge in [0.05, 0.1) is 0 Å². The number of amides is 1. The monoisotopic (exact) mass is 599 g/mol. The quantitative estimate of drug-likeness (QED) is 0.325. The number of halogens is 4. The Hall–Kier alpha value is -2.59. The van der Waals surface area contributed by atoms with Gasteiger partial charge in [0, 0.05) is 37.3 Å². The van der Waals surface area contributed by atoms with Crippen molar-refractivity contribution in [1.29, 1.82) is 0 Å². The van der Waals surface area contributed by atoms with E-state index >= 15 is 0 Å². The Labute approximate surface area is 240 Å². The van der Waals surface area contributed by atoms with Crippen LogP contribution in [0.1, 0.15) is 42.7 Å². The summed E-state index contributed by atoms with van der Waals surface area (Å²) in [7, 11) is -3.93. The number of nitrogens with one attached hydrogen (secondary N) is 2. The summed E-state index contributed by atoms with van der Waals surface area (Å²) < 4.78 is 54.7. The Bertz CT molecular complexity index is 1290. The standard InChI is InChI=1S/C28H31F2N3O3S.2ClH/c29-25-13-11-22(12-14-25)24(16-21-4-3-15-31-17-21)19-32-28(34)23-9-7-20(8-10-23)18-33-37(35,36)27-6-2-1-5-26(27)30;;/h1-6,11-15,17,20,23-24,33H,7-10,16,18-19H2,(H,32,34);2*1H. The fourth-order valence-electron chi connectivity index (χ4n) is 4.81. The third kappa shape index (κ3) is 9.24. The number of nitrogens with zero attached hydrogens (tertiary/aromatic N) is 1. The molecule has 6 nitrogen and oxygen atoms in total. The topological polar surface area (TPSA) is 88.2 Å². The molecule has 11 heteroatoms. The van der Waals surface area contributed by atoms with Gasteiger partial charge in [-0.15, -0.1) is 24.8 Å². The normalized spacial score (nSPS) is 17.8. The molecule has 2 aromatic carbocycles. The predicted molar refractivity (Wildman–Crippen MR) is 152 cm³/mol. The van der Waals surface area contributed by atoms with E-state index in [9.17, 15) is 22.0 Å². The number of aromatic nitrogens is 1. The van der Waals surface area contributed by atoms with Crippen molar-refractivity contribution in [1.82, 2.24) is 15.0 Å². The maximum atomic E-state index is 13.9. The third-order valence-electron chi connectivity index (χ3n) is 6.97. The molecular weight excluding hydrogens is 567 g/mol. The first-order valence-corrected chi connectivity index (χ1v) is 14.0. The summed E-state index contributed by atoms with van der Waals surface area (Å²) in [4.78, 5) is 16.8. The number of carbonyl (C=O) groups excluding carboxylic acids is 1. The van der Waals surface area contributed by atoms with Gasteiger partial charge in [0.25, 0.3) is 0 Å². The average molecular weight is 601 g/mol. The zero-order chi connectivity index (χ0) is 26.3. The molecule has 3 aromatic rings. The van der Waals surface area contributed by atoms with Crippen LogP contribution in [0.3, 0.4) is 0 Å². The highest BCUT2D eigenvalue weighted by atomic mass is 35.5. The maximum absolute atomic E-state index is 13.9. The molecule has 39 heavy (non-hydrogen) atoms. The van der Waals surface area contributed by atoms with Crippen LogP contribution >= 0.6 is 24.8 Å². The average Bonchev–Trinajstić information content (AvgIpc) is 2.91. The molecule has 0 spiro atoms. The molecule has 0 radical (unpaired) electrons. The minimum atomic E-state index is -3.93. The Morgan fingerprint density at radius 3 is 2.28 bits per heavy atom. The Morgan fingerprint density at radius 2 is 1.64 bits per heavy atom. The van der Waals surface area contributed by atoms with Crippen LogP contribution in [0.5, 0.6) is 0 Å². The van der Waals surface area contributed by atoms with Gasteiger partial charge < -0.3 is 5.32 Å². The first-order chi connectivity index (χ1) is 17.8. The predicted octanol–water partition coefficient (Wildman–Crippen LogP) is 5.43. The summed E-state index contributed by atoms with van der Waals surface area (Å²) >= 11 is 0. The molecule has 212 valence electrons. The van der Waals surface area contributed by atoms with E-state index in [1.807, 2.05) is 12.1 Å². The molecule has 1 aromatic heterocycles. The summed E-state index contributed by atoms with van der Waals surface area (Å²) in [5, 5.41) is 3.08. The fourth-order valence-corrected chi connectivity index (χ4v) is 6.00. The molecular formula is C28H33Cl2F2N3O3S. The summed E-state index contributed by atoms with van der Waals surface area (Å²) in [5.74, 6) is -1.20. The number of benzene rings is 2. The highest BCUT2D eigenvalue weighted by molar-refractivity contribution is 7.89. The Balaban J connectivity index is 0.00000267. The zero-order valence-corrected chi connectivity index (χ0v) is 23.7. The van der Waals surface area contributed by atoms with Crippen LogP contribution in [-0.2, 0) is 21.2 Å². The van der Waals surface area contributed by atoms with E-state index in [2.05, 4.69) is 15.0 Å². The second-order valence-electron chi connectivity index (χ2n) is 9.56. The molecule has 1 heterocycles. The Kier molecular flexibility index (Phi) is 12.8.